The highest BCUT2D eigenvalue weighted by molar-refractivity contribution is 5.89. The predicted molar refractivity (Wildman–Crippen MR) is 104 cm³/mol. The fourth-order valence-corrected chi connectivity index (χ4v) is 3.67. The predicted octanol–water partition coefficient (Wildman–Crippen LogP) is 3.28. The first kappa shape index (κ1) is 18.9. The van der Waals surface area contributed by atoms with Crippen LogP contribution >= 0.6 is 0 Å². The Kier molecular flexibility index (Phi) is 5.78. The molecule has 0 amide bonds. The number of methoxy groups -OCH3 is 2. The standard InChI is InChI=1S/C20H26N4O3/c1-13-11-18(23-20(21)22-13)24-10-6-4-5-7-16(24)15-12-14(19(25)27-3)8-9-17(15)26-2/h8-9,11-12,16H,4-7,10H2,1-3H3,(H2,21,22,23). The highest BCUT2D eigenvalue weighted by atomic mass is 16.5. The average molecular weight is 370 g/mol. The number of esters is 1. The Morgan fingerprint density at radius 2 is 2.00 bits per heavy atom. The number of aryl methyl sites for hydroxylation is 1. The van der Waals surface area contributed by atoms with E-state index in [2.05, 4.69) is 14.9 Å². The van der Waals surface area contributed by atoms with Gasteiger partial charge in [0.15, 0.2) is 0 Å². The topological polar surface area (TPSA) is 90.6 Å². The second kappa shape index (κ2) is 8.24. The number of nitrogen functional groups attached to an aromatic ring is 1. The molecule has 0 spiro atoms. The van der Waals surface area contributed by atoms with Crippen LogP contribution in [-0.4, -0.2) is 36.7 Å². The number of ether oxygens (including phenoxy) is 2. The van der Waals surface area contributed by atoms with E-state index in [0.29, 0.717) is 5.56 Å². The molecule has 144 valence electrons. The van der Waals surface area contributed by atoms with Gasteiger partial charge in [-0.15, -0.1) is 0 Å². The molecule has 0 saturated carbocycles. The Morgan fingerprint density at radius 3 is 2.70 bits per heavy atom. The number of hydrogen-bond donors (Lipinski definition) is 1. The molecule has 1 aromatic carbocycles. The summed E-state index contributed by atoms with van der Waals surface area (Å²) in [6, 6.07) is 7.39. The molecule has 1 atom stereocenters. The molecule has 7 heteroatoms. The number of carbonyl (C=O) groups is 1. The van der Waals surface area contributed by atoms with Crippen LogP contribution in [0.3, 0.4) is 0 Å². The van der Waals surface area contributed by atoms with Gasteiger partial charge in [-0.1, -0.05) is 12.8 Å². The molecule has 7 nitrogen and oxygen atoms in total. The van der Waals surface area contributed by atoms with E-state index in [1.54, 1.807) is 13.2 Å². The van der Waals surface area contributed by atoms with Crippen LogP contribution in [0.5, 0.6) is 5.75 Å². The summed E-state index contributed by atoms with van der Waals surface area (Å²) in [7, 11) is 3.03. The minimum absolute atomic E-state index is 0.0285. The molecule has 0 radical (unpaired) electrons. The summed E-state index contributed by atoms with van der Waals surface area (Å²) in [4.78, 5) is 22.9. The van der Waals surface area contributed by atoms with Gasteiger partial charge in [-0.05, 0) is 38.0 Å². The molecule has 1 aromatic heterocycles. The fourth-order valence-electron chi connectivity index (χ4n) is 3.67. The molecule has 2 aromatic rings. The number of nitrogens with two attached hydrogens (primary N) is 1. The van der Waals surface area contributed by atoms with Gasteiger partial charge in [-0.25, -0.2) is 9.78 Å². The first-order valence-electron chi connectivity index (χ1n) is 9.17. The molecule has 0 bridgehead atoms. The maximum Gasteiger partial charge on any atom is 0.337 e. The van der Waals surface area contributed by atoms with E-state index in [9.17, 15) is 4.79 Å². The second-order valence-electron chi connectivity index (χ2n) is 6.73. The van der Waals surface area contributed by atoms with Gasteiger partial charge in [0.2, 0.25) is 5.95 Å². The SMILES string of the molecule is COC(=O)c1ccc(OC)c(C2CCCCCN2c2cc(C)nc(N)n2)c1. The molecule has 2 heterocycles. The maximum absolute atomic E-state index is 12.0. The Hall–Kier alpha value is -2.83. The molecule has 1 fully saturated rings. The zero-order valence-corrected chi connectivity index (χ0v) is 16.1. The molecule has 1 aliphatic heterocycles. The number of rotatable bonds is 4. The van der Waals surface area contributed by atoms with Gasteiger partial charge in [0.05, 0.1) is 25.8 Å². The largest absolute Gasteiger partial charge is 0.496 e. The van der Waals surface area contributed by atoms with Crippen LogP contribution in [0.2, 0.25) is 0 Å². The van der Waals surface area contributed by atoms with E-state index in [1.165, 1.54) is 7.11 Å². The van der Waals surface area contributed by atoms with Gasteiger partial charge < -0.3 is 20.1 Å². The molecule has 27 heavy (non-hydrogen) atoms. The van der Waals surface area contributed by atoms with E-state index >= 15 is 0 Å². The van der Waals surface area contributed by atoms with Crippen molar-refractivity contribution >= 4 is 17.7 Å². The third kappa shape index (κ3) is 4.13. The molecule has 1 saturated heterocycles. The second-order valence-corrected chi connectivity index (χ2v) is 6.73. The Morgan fingerprint density at radius 1 is 1.19 bits per heavy atom. The monoisotopic (exact) mass is 370 g/mol. The summed E-state index contributed by atoms with van der Waals surface area (Å²) >= 11 is 0. The highest BCUT2D eigenvalue weighted by Gasteiger charge is 2.28. The normalized spacial score (nSPS) is 17.3. The lowest BCUT2D eigenvalue weighted by Crippen LogP contribution is -2.30. The molecule has 3 rings (SSSR count). The van der Waals surface area contributed by atoms with Crippen LogP contribution in [-0.2, 0) is 4.74 Å². The summed E-state index contributed by atoms with van der Waals surface area (Å²) in [6.45, 7) is 2.76. The van der Waals surface area contributed by atoms with Crippen molar-refractivity contribution in [3.05, 3.63) is 41.1 Å². The van der Waals surface area contributed by atoms with Crippen molar-refractivity contribution < 1.29 is 14.3 Å². The molecule has 1 unspecified atom stereocenters. The Labute approximate surface area is 159 Å². The van der Waals surface area contributed by atoms with Crippen molar-refractivity contribution in [2.45, 2.75) is 38.6 Å². The summed E-state index contributed by atoms with van der Waals surface area (Å²) in [5.41, 5.74) is 8.19. The third-order valence-electron chi connectivity index (χ3n) is 4.91. The van der Waals surface area contributed by atoms with Gasteiger partial charge in [0, 0.05) is 23.9 Å². The minimum Gasteiger partial charge on any atom is -0.496 e. The van der Waals surface area contributed by atoms with E-state index in [1.807, 2.05) is 25.1 Å². The van der Waals surface area contributed by atoms with Crippen molar-refractivity contribution in [2.75, 3.05) is 31.4 Å². The van der Waals surface area contributed by atoms with Crippen molar-refractivity contribution in [1.29, 1.82) is 0 Å². The van der Waals surface area contributed by atoms with Crippen LogP contribution in [0.4, 0.5) is 11.8 Å². The van der Waals surface area contributed by atoms with Crippen LogP contribution < -0.4 is 15.4 Å². The van der Waals surface area contributed by atoms with Crippen LogP contribution in [0.15, 0.2) is 24.3 Å². The molecule has 0 aliphatic carbocycles. The molecule has 2 N–H and O–H groups in total. The van der Waals surface area contributed by atoms with E-state index in [0.717, 1.165) is 55.1 Å². The van der Waals surface area contributed by atoms with Gasteiger partial charge in [0.1, 0.15) is 11.6 Å². The Balaban J connectivity index is 2.09. The first-order valence-corrected chi connectivity index (χ1v) is 9.17. The van der Waals surface area contributed by atoms with Gasteiger partial charge in [-0.3, -0.25) is 0 Å². The molecular weight excluding hydrogens is 344 g/mol. The average Bonchev–Trinajstić information content (AvgIpc) is 2.92. The van der Waals surface area contributed by atoms with Gasteiger partial charge >= 0.3 is 5.97 Å². The third-order valence-corrected chi connectivity index (χ3v) is 4.91. The van der Waals surface area contributed by atoms with Gasteiger partial charge in [0.25, 0.3) is 0 Å². The number of carbonyl (C=O) groups excluding carboxylic acids is 1. The lowest BCUT2D eigenvalue weighted by atomic mass is 9.97. The van der Waals surface area contributed by atoms with Crippen molar-refractivity contribution in [3.8, 4) is 5.75 Å². The summed E-state index contributed by atoms with van der Waals surface area (Å²) in [6.07, 6.45) is 4.24. The van der Waals surface area contributed by atoms with E-state index in [-0.39, 0.29) is 18.0 Å². The highest BCUT2D eigenvalue weighted by Crippen LogP contribution is 2.38. The molecule has 1 aliphatic rings. The van der Waals surface area contributed by atoms with Crippen molar-refractivity contribution in [2.24, 2.45) is 0 Å². The number of aromatic nitrogens is 2. The number of anilines is 2. The zero-order valence-electron chi connectivity index (χ0n) is 16.1. The fraction of sp³-hybridized carbons (Fsp3) is 0.450. The number of hydrogen-bond acceptors (Lipinski definition) is 7. The Bertz CT molecular complexity index is 805. The first-order chi connectivity index (χ1) is 13.0. The quantitative estimate of drug-likeness (QED) is 0.826. The summed E-state index contributed by atoms with van der Waals surface area (Å²) in [5.74, 6) is 1.46. The van der Waals surface area contributed by atoms with Crippen molar-refractivity contribution in [1.82, 2.24) is 9.97 Å². The maximum atomic E-state index is 12.0. The smallest absolute Gasteiger partial charge is 0.337 e. The van der Waals surface area contributed by atoms with Crippen LogP contribution in [0.25, 0.3) is 0 Å². The zero-order chi connectivity index (χ0) is 19.4. The summed E-state index contributed by atoms with van der Waals surface area (Å²) in [5, 5.41) is 0. The van der Waals surface area contributed by atoms with Gasteiger partial charge in [-0.2, -0.15) is 4.98 Å². The van der Waals surface area contributed by atoms with Crippen LogP contribution in [0, 0.1) is 6.92 Å². The molecular formula is C20H26N4O3. The van der Waals surface area contributed by atoms with Crippen molar-refractivity contribution in [3.63, 3.8) is 0 Å². The lowest BCUT2D eigenvalue weighted by molar-refractivity contribution is 0.0600. The van der Waals surface area contributed by atoms with Crippen LogP contribution in [0.1, 0.15) is 53.3 Å². The summed E-state index contributed by atoms with van der Waals surface area (Å²) < 4.78 is 10.5. The lowest BCUT2D eigenvalue weighted by Gasteiger charge is -2.32. The van der Waals surface area contributed by atoms with E-state index < -0.39 is 0 Å². The number of nitrogens with zero attached hydrogens (tertiary/aromatic N) is 3. The number of benzene rings is 1. The van der Waals surface area contributed by atoms with E-state index in [4.69, 9.17) is 15.2 Å². The minimum atomic E-state index is -0.360.